The molecule has 7 rings (SSSR count). The molecular weight excluding hydrogens is 1460 g/mol. The van der Waals surface area contributed by atoms with Crippen LogP contribution in [0.25, 0.3) is 0 Å². The van der Waals surface area contributed by atoms with Crippen LogP contribution in [0.5, 0.6) is 17.2 Å². The lowest BCUT2D eigenvalue weighted by atomic mass is 9.86. The third-order valence-electron chi connectivity index (χ3n) is 17.5. The van der Waals surface area contributed by atoms with Crippen molar-refractivity contribution in [1.82, 2.24) is 20.6 Å². The Kier molecular flexibility index (Phi) is 30.1. The van der Waals surface area contributed by atoms with Crippen LogP contribution in [-0.4, -0.2) is 259 Å². The van der Waals surface area contributed by atoms with E-state index in [2.05, 4.69) is 28.6 Å². The highest BCUT2D eigenvalue weighted by Crippen LogP contribution is 2.49. The second-order valence-electron chi connectivity index (χ2n) is 24.6. The Bertz CT molecular complexity index is 3230. The van der Waals surface area contributed by atoms with Crippen LogP contribution in [0, 0.1) is 34.4 Å². The molecule has 8 N–H and O–H groups in total. The molecule has 0 spiro atoms. The molecule has 5 heterocycles. The van der Waals surface area contributed by atoms with Gasteiger partial charge in [0.1, 0.15) is 42.7 Å². The van der Waals surface area contributed by atoms with E-state index < -0.39 is 140 Å². The van der Waals surface area contributed by atoms with Crippen molar-refractivity contribution >= 4 is 89.1 Å². The molecule has 4 amide bonds. The van der Waals surface area contributed by atoms with E-state index in [1.807, 2.05) is 29.5 Å². The Morgan fingerprint density at radius 3 is 2.21 bits per heavy atom. The van der Waals surface area contributed by atoms with Crippen LogP contribution in [0.15, 0.2) is 35.1 Å². The van der Waals surface area contributed by atoms with E-state index in [1.54, 1.807) is 57.9 Å². The number of hydrogen-bond acceptors (Lipinski definition) is 28. The Balaban J connectivity index is 1.15. The molecule has 1 aromatic rings. The van der Waals surface area contributed by atoms with Gasteiger partial charge in [-0.3, -0.25) is 39.0 Å². The van der Waals surface area contributed by atoms with Gasteiger partial charge >= 0.3 is 6.09 Å². The number of hydrogen-bond donors (Lipinski definition) is 8. The number of carbonyl (C=O) groups is 6. The molecule has 29 nitrogen and oxygen atoms in total. The number of likely N-dealkylation sites (tertiary alicyclic amines) is 1. The molecule has 0 saturated carbocycles. The van der Waals surface area contributed by atoms with Gasteiger partial charge in [0.2, 0.25) is 34.9 Å². The predicted molar refractivity (Wildman–Crippen MR) is 364 cm³/mol. The van der Waals surface area contributed by atoms with E-state index in [0.29, 0.717) is 33.7 Å². The van der Waals surface area contributed by atoms with Gasteiger partial charge < -0.3 is 92.1 Å². The van der Waals surface area contributed by atoms with Crippen LogP contribution in [0.1, 0.15) is 89.1 Å². The molecule has 33 heteroatoms. The summed E-state index contributed by atoms with van der Waals surface area (Å²) in [4.78, 5) is 101. The monoisotopic (exact) mass is 1550 g/mol. The van der Waals surface area contributed by atoms with E-state index in [9.17, 15) is 59.1 Å². The van der Waals surface area contributed by atoms with Gasteiger partial charge in [-0.1, -0.05) is 29.7 Å². The van der Waals surface area contributed by atoms with Gasteiger partial charge in [-0.25, -0.2) is 4.79 Å². The van der Waals surface area contributed by atoms with E-state index in [-0.39, 0.29) is 103 Å². The molecule has 18 unspecified atom stereocenters. The second-order valence-corrected chi connectivity index (χ2v) is 32.2. The van der Waals surface area contributed by atoms with Crippen LogP contribution in [0.2, 0.25) is 19.1 Å². The number of methoxy groups -OCH3 is 5. The molecule has 0 radical (unpaired) electrons. The minimum Gasteiger partial charge on any atom is -0.492 e. The molecule has 5 fully saturated rings. The first-order valence-corrected chi connectivity index (χ1v) is 38.2. The number of thioether (sulfide) groups is 2. The van der Waals surface area contributed by atoms with Crippen molar-refractivity contribution in [2.24, 2.45) is 0 Å². The number of nitrogens with one attached hydrogen (secondary N) is 2. The van der Waals surface area contributed by atoms with Crippen molar-refractivity contribution in [3.05, 3.63) is 49.8 Å². The molecule has 0 aromatic heterocycles. The highest BCUT2D eigenvalue weighted by Gasteiger charge is 2.51. The Labute approximate surface area is 593 Å². The van der Waals surface area contributed by atoms with Crippen LogP contribution in [-0.2, 0) is 66.6 Å². The van der Waals surface area contributed by atoms with Crippen molar-refractivity contribution in [3.8, 4) is 41.1 Å². The van der Waals surface area contributed by atoms with Gasteiger partial charge in [-0.15, -0.1) is 11.8 Å². The maximum Gasteiger partial charge on any atom is 0.411 e. The number of allylic oxidation sites excluding steroid dienone is 3. The van der Waals surface area contributed by atoms with E-state index in [0.717, 1.165) is 18.9 Å². The Morgan fingerprint density at radius 2 is 1.58 bits per heavy atom. The summed E-state index contributed by atoms with van der Waals surface area (Å²) in [5.41, 5.74) is 3.63. The van der Waals surface area contributed by atoms with Gasteiger partial charge in [-0.05, 0) is 118 Å². The number of ether oxygens (including phenoxy) is 12. The van der Waals surface area contributed by atoms with Crippen molar-refractivity contribution in [3.63, 3.8) is 0 Å². The fraction of sp³-hybridized carbons (Fsp3) is 0.662. The predicted octanol–water partition coefficient (Wildman–Crippen LogP) is 3.22. The number of rotatable bonds is 26. The molecule has 544 valence electrons. The number of alkyl carbamates (subject to hydrolysis) is 1. The molecular formula is C65H91IN4O25S2Si. The fourth-order valence-corrected chi connectivity index (χ4v) is 16.2. The second kappa shape index (κ2) is 36.8. The summed E-state index contributed by atoms with van der Waals surface area (Å²) in [7, 11) is 4.19. The smallest absolute Gasteiger partial charge is 0.411 e. The summed E-state index contributed by atoms with van der Waals surface area (Å²) >= 11 is 3.97. The molecule has 6 aliphatic rings. The first kappa shape index (κ1) is 80.3. The van der Waals surface area contributed by atoms with Crippen molar-refractivity contribution in [1.29, 1.82) is 0 Å². The highest BCUT2D eigenvalue weighted by atomic mass is 127. The van der Waals surface area contributed by atoms with E-state index in [4.69, 9.17) is 61.7 Å². The third-order valence-corrected chi connectivity index (χ3v) is 22.9. The largest absolute Gasteiger partial charge is 0.492 e. The molecule has 0 bridgehead atoms. The van der Waals surface area contributed by atoms with Crippen LogP contribution < -0.4 is 25.0 Å². The zero-order chi connectivity index (χ0) is 72.0. The Morgan fingerprint density at radius 1 is 0.878 bits per heavy atom. The summed E-state index contributed by atoms with van der Waals surface area (Å²) < 4.78 is 72.9. The first-order valence-electron chi connectivity index (χ1n) is 32.0. The van der Waals surface area contributed by atoms with Gasteiger partial charge in [0.05, 0.1) is 95.9 Å². The number of halogens is 1. The molecule has 98 heavy (non-hydrogen) atoms. The number of imide groups is 1. The van der Waals surface area contributed by atoms with Crippen LogP contribution in [0.3, 0.4) is 0 Å². The van der Waals surface area contributed by atoms with Crippen molar-refractivity contribution in [2.45, 2.75) is 214 Å². The highest BCUT2D eigenvalue weighted by molar-refractivity contribution is 14.1. The summed E-state index contributed by atoms with van der Waals surface area (Å²) in [6.07, 6.45) is -12.9. The van der Waals surface area contributed by atoms with Crippen molar-refractivity contribution < 1.29 is 121 Å². The number of aliphatic hydroxyl groups is 5. The standard InChI is InChI=1S/C65H91IN4O25S2Si/c1-14-69(36(6)72)38-31-88-45(29-42(38)83-7)93-58-53(77)50(68-95-46-28-40(74)60(35(5)89-46)97-62(80)47-32(2)49(66)56(59(86-10)55(47)84-8)94-63-54(78)57(85-9)52(76)34(4)91-63)33(3)90-64(58)92-41(20-17-15-16-18-25-71)48-37(21-22-39(73)51(48)67-65(81)87-11)23-26-96-43-30-44(75)70(61(43)79)24-19-27-98(12,13)82/h15-16,23,33-35,38,40-43,45-46,50,52-54,57-58,60,63-64,68,71,74,76-78,82H,14,19,21-22,24,26-31H2,1-13H3,(H,67,81)/b16-15-,37-23-/t33?,34?,35?,38?,40?,41-,42?,43?,45?,46?,50?,52?,53?,54?,57?,58?,60?,63?,64?/m0/s1. The van der Waals surface area contributed by atoms with Crippen molar-refractivity contribution in [2.75, 3.05) is 61.0 Å². The quantitative estimate of drug-likeness (QED) is 0.0217. The average Bonchev–Trinajstić information content (AvgIpc) is 0.815. The maximum absolute atomic E-state index is 14.5. The number of nitrogens with zero attached hydrogens (tertiary/aromatic N) is 2. The number of ketones is 1. The van der Waals surface area contributed by atoms with Crippen LogP contribution in [0.4, 0.5) is 4.79 Å². The first-order chi connectivity index (χ1) is 46.6. The van der Waals surface area contributed by atoms with Gasteiger partial charge in [0.15, 0.2) is 44.5 Å². The lowest BCUT2D eigenvalue weighted by Crippen LogP contribution is -2.65. The molecule has 5 saturated heterocycles. The SMILES string of the molecule is CCN(C(C)=O)C1COC(OC2C(O[C@@H](C#C/C=C\C#CO)C3=C(NC(=O)OC)C(=O)CC/C3=C/CSC3CC(=O)N(CCC[Si](C)(C)O)C3=O)OC(C)C(NOC3CC(O)C(SC(=O)c4c(C)c(I)c(OC5OC(C)C(O)C(OC)C5O)c(OC)c4OC)C(C)O3)C2O)CC1OC. The number of benzene rings is 1. The maximum atomic E-state index is 14.5. The average molecular weight is 1550 g/mol. The Hall–Kier alpha value is -4.97. The summed E-state index contributed by atoms with van der Waals surface area (Å²) in [6.45, 7) is 13.8. The topological polar surface area (TPSA) is 374 Å². The summed E-state index contributed by atoms with van der Waals surface area (Å²) in [5.74, 6) is 6.94. The fourth-order valence-electron chi connectivity index (χ4n) is 12.4. The summed E-state index contributed by atoms with van der Waals surface area (Å²) in [6, 6.07) is -1.21. The number of likely N-dealkylation sites (N-methyl/N-ethyl adjacent to an activating group) is 1. The molecule has 19 atom stereocenters. The number of carbonyl (C=O) groups excluding carboxylic acids is 6. The molecule has 5 aliphatic heterocycles. The van der Waals surface area contributed by atoms with E-state index >= 15 is 0 Å². The summed E-state index contributed by atoms with van der Waals surface area (Å²) in [5, 5.41) is 55.9. The number of Topliss-reactive ketones (excluding diaryl/α,β-unsaturated/α-hetero) is 1. The minimum atomic E-state index is -2.44. The minimum absolute atomic E-state index is 0.00262. The van der Waals surface area contributed by atoms with Gasteiger partial charge in [0, 0.05) is 71.2 Å². The molecule has 1 aromatic carbocycles. The lowest BCUT2D eigenvalue weighted by molar-refractivity contribution is -0.337. The zero-order valence-electron chi connectivity index (χ0n) is 57.0. The number of amides is 4. The third kappa shape index (κ3) is 19.6. The van der Waals surface area contributed by atoms with Crippen LogP contribution >= 0.6 is 46.1 Å². The van der Waals surface area contributed by atoms with E-state index in [1.165, 1.54) is 64.2 Å². The number of hydroxylamine groups is 1. The lowest BCUT2D eigenvalue weighted by Gasteiger charge is -2.47. The normalized spacial score (nSPS) is 31.5. The van der Waals surface area contributed by atoms with Gasteiger partial charge in [0.25, 0.3) is 0 Å². The van der Waals surface area contributed by atoms with Gasteiger partial charge in [-0.2, -0.15) is 5.48 Å². The zero-order valence-corrected chi connectivity index (χ0v) is 61.8. The molecule has 1 aliphatic carbocycles. The number of aliphatic hydroxyl groups excluding tert-OH is 5.